The summed E-state index contributed by atoms with van der Waals surface area (Å²) in [6, 6.07) is 0.824. The van der Waals surface area contributed by atoms with Crippen molar-refractivity contribution in [1.29, 1.82) is 0 Å². The van der Waals surface area contributed by atoms with Crippen molar-refractivity contribution in [2.75, 3.05) is 13.1 Å². The third-order valence-corrected chi connectivity index (χ3v) is 5.87. The van der Waals surface area contributed by atoms with E-state index < -0.39 is 0 Å². The summed E-state index contributed by atoms with van der Waals surface area (Å²) in [7, 11) is 0. The molecule has 2 fully saturated rings. The normalized spacial score (nSPS) is 27.0. The molecule has 2 aliphatic rings. The lowest BCUT2D eigenvalue weighted by Gasteiger charge is -2.31. The van der Waals surface area contributed by atoms with Crippen molar-refractivity contribution in [2.45, 2.75) is 95.9 Å². The summed E-state index contributed by atoms with van der Waals surface area (Å²) in [5.41, 5.74) is 0. The smallest absolute Gasteiger partial charge is 0.0214 e. The molecule has 1 aliphatic carbocycles. The van der Waals surface area contributed by atoms with Gasteiger partial charge in [-0.05, 0) is 25.7 Å². The molecule has 1 N–H and O–H groups in total. The molecule has 2 nitrogen and oxygen atoms in total. The van der Waals surface area contributed by atoms with Gasteiger partial charge in [0.2, 0.25) is 0 Å². The van der Waals surface area contributed by atoms with Crippen LogP contribution in [0.2, 0.25) is 0 Å². The van der Waals surface area contributed by atoms with Crippen molar-refractivity contribution in [3.63, 3.8) is 0 Å². The molecule has 0 bridgehead atoms. The molecule has 2 rings (SSSR count). The quantitative estimate of drug-likeness (QED) is 0.661. The molecule has 0 amide bonds. The fraction of sp³-hybridized carbons (Fsp3) is 1.00. The van der Waals surface area contributed by atoms with E-state index in [0.717, 1.165) is 6.04 Å². The molecule has 118 valence electrons. The topological polar surface area (TPSA) is 15.3 Å². The monoisotopic (exact) mass is 298 g/mol. The van der Waals surface area contributed by atoms with Crippen LogP contribution in [0.4, 0.5) is 0 Å². The van der Waals surface area contributed by atoms with Crippen molar-refractivity contribution in [1.82, 2.24) is 9.03 Å². The van der Waals surface area contributed by atoms with E-state index in [2.05, 4.69) is 9.03 Å². The summed E-state index contributed by atoms with van der Waals surface area (Å²) in [5.74, 6) is 0. The van der Waals surface area contributed by atoms with Gasteiger partial charge in [-0.2, -0.15) is 0 Å². The third kappa shape index (κ3) is 6.82. The van der Waals surface area contributed by atoms with Crippen molar-refractivity contribution in [3.8, 4) is 0 Å². The predicted octanol–water partition coefficient (Wildman–Crippen LogP) is 5.30. The maximum Gasteiger partial charge on any atom is 0.0214 e. The molecule has 1 aliphatic heterocycles. The first kappa shape index (κ1) is 16.6. The standard InChI is InChI=1S/C17H34N2S/c1-2-5-9-13-17(14-10-6-3-1)19-16-12-8-4-7-11-15-18-20-19/h17-18H,1-16H2. The van der Waals surface area contributed by atoms with Gasteiger partial charge in [0, 0.05) is 31.3 Å². The molecular formula is C17H34N2S. The zero-order chi connectivity index (χ0) is 13.9. The number of hydrogen-bond donors (Lipinski definition) is 1. The molecule has 0 spiro atoms. The van der Waals surface area contributed by atoms with Crippen molar-refractivity contribution >= 4 is 12.1 Å². The molecule has 0 unspecified atom stereocenters. The lowest BCUT2D eigenvalue weighted by Crippen LogP contribution is -2.34. The average Bonchev–Trinajstić information content (AvgIpc) is 2.50. The average molecular weight is 299 g/mol. The molecule has 1 heterocycles. The lowest BCUT2D eigenvalue weighted by molar-refractivity contribution is 0.286. The van der Waals surface area contributed by atoms with E-state index in [4.69, 9.17) is 0 Å². The fourth-order valence-electron chi connectivity index (χ4n) is 3.50. The van der Waals surface area contributed by atoms with Gasteiger partial charge in [-0.1, -0.05) is 64.2 Å². The van der Waals surface area contributed by atoms with Crippen LogP contribution in [0.3, 0.4) is 0 Å². The third-order valence-electron chi connectivity index (χ3n) is 4.82. The van der Waals surface area contributed by atoms with E-state index in [1.807, 2.05) is 12.1 Å². The Morgan fingerprint density at radius 3 is 1.90 bits per heavy atom. The van der Waals surface area contributed by atoms with E-state index in [0.29, 0.717) is 0 Å². The molecular weight excluding hydrogens is 264 g/mol. The van der Waals surface area contributed by atoms with Crippen LogP contribution in [0.5, 0.6) is 0 Å². The summed E-state index contributed by atoms with van der Waals surface area (Å²) in [4.78, 5) is 0. The predicted molar refractivity (Wildman–Crippen MR) is 90.7 cm³/mol. The van der Waals surface area contributed by atoms with Gasteiger partial charge in [0.1, 0.15) is 0 Å². The highest BCUT2D eigenvalue weighted by molar-refractivity contribution is 7.95. The van der Waals surface area contributed by atoms with Crippen LogP contribution in [-0.2, 0) is 0 Å². The van der Waals surface area contributed by atoms with Gasteiger partial charge in [0.05, 0.1) is 0 Å². The molecule has 1 saturated heterocycles. The summed E-state index contributed by atoms with van der Waals surface area (Å²) in [6.45, 7) is 2.48. The van der Waals surface area contributed by atoms with Crippen LogP contribution in [0.1, 0.15) is 89.9 Å². The number of rotatable bonds is 1. The SMILES string of the molecule is C1CCCCC(N2CCCCCCCNS2)CCCC1. The Morgan fingerprint density at radius 1 is 0.650 bits per heavy atom. The largest absolute Gasteiger partial charge is 0.251 e. The highest BCUT2D eigenvalue weighted by atomic mass is 32.2. The summed E-state index contributed by atoms with van der Waals surface area (Å²) >= 11 is 1.94. The van der Waals surface area contributed by atoms with Crippen molar-refractivity contribution in [3.05, 3.63) is 0 Å². The van der Waals surface area contributed by atoms with E-state index in [1.165, 1.54) is 103 Å². The summed E-state index contributed by atoms with van der Waals surface area (Å²) < 4.78 is 6.31. The molecule has 3 heteroatoms. The minimum Gasteiger partial charge on any atom is -0.251 e. The molecule has 0 radical (unpaired) electrons. The molecule has 1 saturated carbocycles. The van der Waals surface area contributed by atoms with E-state index in [-0.39, 0.29) is 0 Å². The Balaban J connectivity index is 1.81. The van der Waals surface area contributed by atoms with Gasteiger partial charge in [0.15, 0.2) is 0 Å². The fourth-order valence-corrected chi connectivity index (χ4v) is 4.48. The zero-order valence-electron chi connectivity index (χ0n) is 13.2. The van der Waals surface area contributed by atoms with Gasteiger partial charge >= 0.3 is 0 Å². The number of nitrogens with one attached hydrogen (secondary N) is 1. The highest BCUT2D eigenvalue weighted by Gasteiger charge is 2.19. The van der Waals surface area contributed by atoms with E-state index >= 15 is 0 Å². The van der Waals surface area contributed by atoms with Crippen LogP contribution >= 0.6 is 12.1 Å². The summed E-state index contributed by atoms with van der Waals surface area (Å²) in [5, 5.41) is 0. The maximum atomic E-state index is 3.61. The Hall–Kier alpha value is 0.270. The Bertz CT molecular complexity index is 191. The van der Waals surface area contributed by atoms with E-state index in [1.54, 1.807) is 0 Å². The highest BCUT2D eigenvalue weighted by Crippen LogP contribution is 2.25. The lowest BCUT2D eigenvalue weighted by atomic mass is 9.97. The van der Waals surface area contributed by atoms with Crippen LogP contribution in [0, 0.1) is 0 Å². The van der Waals surface area contributed by atoms with Gasteiger partial charge in [-0.3, -0.25) is 4.72 Å². The molecule has 0 aromatic rings. The Labute approximate surface area is 130 Å². The molecule has 0 aromatic carbocycles. The Morgan fingerprint density at radius 2 is 1.20 bits per heavy atom. The van der Waals surface area contributed by atoms with Crippen LogP contribution in [-0.4, -0.2) is 23.4 Å². The second-order valence-electron chi connectivity index (χ2n) is 6.60. The minimum absolute atomic E-state index is 0.824. The van der Waals surface area contributed by atoms with Gasteiger partial charge in [-0.25, -0.2) is 4.31 Å². The van der Waals surface area contributed by atoms with Crippen LogP contribution in [0.15, 0.2) is 0 Å². The first-order valence-corrected chi connectivity index (χ1v) is 9.90. The van der Waals surface area contributed by atoms with Gasteiger partial charge in [0.25, 0.3) is 0 Å². The second kappa shape index (κ2) is 10.9. The number of hydrogen-bond acceptors (Lipinski definition) is 3. The van der Waals surface area contributed by atoms with Gasteiger partial charge in [-0.15, -0.1) is 0 Å². The van der Waals surface area contributed by atoms with Crippen molar-refractivity contribution < 1.29 is 0 Å². The zero-order valence-corrected chi connectivity index (χ0v) is 14.1. The Kier molecular flexibility index (Phi) is 9.08. The van der Waals surface area contributed by atoms with Crippen LogP contribution < -0.4 is 4.72 Å². The first-order chi connectivity index (χ1) is 9.97. The van der Waals surface area contributed by atoms with Gasteiger partial charge < -0.3 is 0 Å². The molecule has 20 heavy (non-hydrogen) atoms. The van der Waals surface area contributed by atoms with Crippen LogP contribution in [0.25, 0.3) is 0 Å². The molecule has 0 atom stereocenters. The van der Waals surface area contributed by atoms with E-state index in [9.17, 15) is 0 Å². The number of nitrogens with zero attached hydrogens (tertiary/aromatic N) is 1. The maximum absolute atomic E-state index is 3.61. The second-order valence-corrected chi connectivity index (χ2v) is 7.54. The minimum atomic E-state index is 0.824. The summed E-state index contributed by atoms with van der Waals surface area (Å²) in [6.07, 6.45) is 20.1. The first-order valence-electron chi connectivity index (χ1n) is 9.13. The van der Waals surface area contributed by atoms with Crippen molar-refractivity contribution in [2.24, 2.45) is 0 Å². The molecule has 0 aromatic heterocycles.